The Kier molecular flexibility index (Phi) is 5.50. The minimum atomic E-state index is -1.04. The van der Waals surface area contributed by atoms with Crippen LogP contribution in [0.15, 0.2) is 23.1 Å². The van der Waals surface area contributed by atoms with Gasteiger partial charge in [-0.2, -0.15) is 0 Å². The number of rotatable bonds is 5. The zero-order valence-corrected chi connectivity index (χ0v) is 11.7. The van der Waals surface area contributed by atoms with Gasteiger partial charge in [-0.15, -0.1) is 11.8 Å². The maximum atomic E-state index is 12.2. The van der Waals surface area contributed by atoms with Crippen molar-refractivity contribution in [2.45, 2.75) is 11.8 Å². The lowest BCUT2D eigenvalue weighted by atomic mass is 10.2. The van der Waals surface area contributed by atoms with Crippen molar-refractivity contribution < 1.29 is 14.7 Å². The summed E-state index contributed by atoms with van der Waals surface area (Å²) < 4.78 is 0. The van der Waals surface area contributed by atoms with Gasteiger partial charge in [0.2, 0.25) is 0 Å². The molecule has 0 aliphatic heterocycles. The van der Waals surface area contributed by atoms with Crippen LogP contribution in [0, 0.1) is 0 Å². The Morgan fingerprint density at radius 3 is 2.61 bits per heavy atom. The van der Waals surface area contributed by atoms with E-state index >= 15 is 0 Å². The predicted molar refractivity (Wildman–Crippen MR) is 72.4 cm³/mol. The molecule has 0 aliphatic carbocycles. The van der Waals surface area contributed by atoms with Crippen molar-refractivity contribution in [1.29, 1.82) is 0 Å². The molecule has 6 heteroatoms. The van der Waals surface area contributed by atoms with Crippen LogP contribution in [0.3, 0.4) is 0 Å². The third-order valence-corrected chi connectivity index (χ3v) is 3.45. The number of carbonyl (C=O) groups excluding carboxylic acids is 1. The molecule has 4 nitrogen and oxygen atoms in total. The van der Waals surface area contributed by atoms with Gasteiger partial charge in [0, 0.05) is 11.4 Å². The largest absolute Gasteiger partial charge is 0.480 e. The molecule has 0 unspecified atom stereocenters. The number of carbonyl (C=O) groups is 2. The first-order valence-electron chi connectivity index (χ1n) is 5.34. The van der Waals surface area contributed by atoms with Crippen LogP contribution in [0.2, 0.25) is 5.02 Å². The van der Waals surface area contributed by atoms with Gasteiger partial charge in [-0.3, -0.25) is 9.59 Å². The van der Waals surface area contributed by atoms with E-state index in [9.17, 15) is 9.59 Å². The van der Waals surface area contributed by atoms with Gasteiger partial charge >= 0.3 is 5.97 Å². The Morgan fingerprint density at radius 2 is 2.11 bits per heavy atom. The predicted octanol–water partition coefficient (Wildman–Crippen LogP) is 2.61. The SMILES string of the molecule is CCN(CC(=O)O)C(=O)c1cc(SC)ccc1Cl. The van der Waals surface area contributed by atoms with Crippen molar-refractivity contribution in [3.05, 3.63) is 28.8 Å². The average molecular weight is 288 g/mol. The van der Waals surface area contributed by atoms with E-state index in [-0.39, 0.29) is 12.5 Å². The van der Waals surface area contributed by atoms with Crippen molar-refractivity contribution in [1.82, 2.24) is 4.90 Å². The molecule has 1 amide bonds. The molecule has 0 heterocycles. The number of nitrogens with zero attached hydrogens (tertiary/aromatic N) is 1. The molecule has 1 N–H and O–H groups in total. The fourth-order valence-corrected chi connectivity index (χ4v) is 2.09. The van der Waals surface area contributed by atoms with Gasteiger partial charge in [0.25, 0.3) is 5.91 Å². The molecule has 1 aromatic carbocycles. The maximum absolute atomic E-state index is 12.2. The number of hydrogen-bond donors (Lipinski definition) is 1. The molecule has 1 aromatic rings. The molecule has 0 saturated carbocycles. The van der Waals surface area contributed by atoms with Crippen LogP contribution in [-0.4, -0.2) is 41.2 Å². The molecule has 0 atom stereocenters. The second kappa shape index (κ2) is 6.66. The molecule has 0 radical (unpaired) electrons. The highest BCUT2D eigenvalue weighted by Gasteiger charge is 2.19. The Hall–Kier alpha value is -1.20. The molecule has 0 aromatic heterocycles. The molecule has 1 rings (SSSR count). The van der Waals surface area contributed by atoms with Crippen LogP contribution in [0.4, 0.5) is 0 Å². The van der Waals surface area contributed by atoms with Crippen LogP contribution in [0.1, 0.15) is 17.3 Å². The molecular formula is C12H14ClNO3S. The number of hydrogen-bond acceptors (Lipinski definition) is 3. The number of amides is 1. The standard InChI is InChI=1S/C12H14ClNO3S/c1-3-14(7-11(15)16)12(17)9-6-8(18-2)4-5-10(9)13/h4-6H,3,7H2,1-2H3,(H,15,16). The number of aliphatic carboxylic acids is 1. The quantitative estimate of drug-likeness (QED) is 0.846. The van der Waals surface area contributed by atoms with E-state index in [2.05, 4.69) is 0 Å². The normalized spacial score (nSPS) is 10.2. The molecular weight excluding hydrogens is 274 g/mol. The summed E-state index contributed by atoms with van der Waals surface area (Å²) in [4.78, 5) is 25.0. The highest BCUT2D eigenvalue weighted by molar-refractivity contribution is 7.98. The van der Waals surface area contributed by atoms with E-state index in [4.69, 9.17) is 16.7 Å². The topological polar surface area (TPSA) is 57.6 Å². The first-order chi connectivity index (χ1) is 8.49. The lowest BCUT2D eigenvalue weighted by Crippen LogP contribution is -2.35. The first kappa shape index (κ1) is 14.9. The molecule has 0 aliphatic rings. The van der Waals surface area contributed by atoms with E-state index in [1.165, 1.54) is 16.7 Å². The first-order valence-corrected chi connectivity index (χ1v) is 6.94. The summed E-state index contributed by atoms with van der Waals surface area (Å²) in [5.41, 5.74) is 0.339. The van der Waals surface area contributed by atoms with E-state index in [0.717, 1.165) is 4.90 Å². The van der Waals surface area contributed by atoms with Crippen molar-refractivity contribution >= 4 is 35.2 Å². The molecule has 0 saturated heterocycles. The van der Waals surface area contributed by atoms with Gasteiger partial charge in [-0.25, -0.2) is 0 Å². The lowest BCUT2D eigenvalue weighted by Gasteiger charge is -2.19. The summed E-state index contributed by atoms with van der Waals surface area (Å²) in [5, 5.41) is 9.08. The third kappa shape index (κ3) is 3.65. The molecule has 0 bridgehead atoms. The number of thioether (sulfide) groups is 1. The fourth-order valence-electron chi connectivity index (χ4n) is 1.46. The summed E-state index contributed by atoms with van der Waals surface area (Å²) in [6, 6.07) is 5.15. The highest BCUT2D eigenvalue weighted by atomic mass is 35.5. The Labute approximate surface area is 115 Å². The van der Waals surface area contributed by atoms with Crippen molar-refractivity contribution in [2.24, 2.45) is 0 Å². The second-order valence-corrected chi connectivity index (χ2v) is 4.85. The Balaban J connectivity index is 3.04. The van der Waals surface area contributed by atoms with E-state index in [1.807, 2.05) is 12.3 Å². The number of carboxylic acid groups (broad SMARTS) is 1. The van der Waals surface area contributed by atoms with E-state index in [1.54, 1.807) is 19.1 Å². The van der Waals surface area contributed by atoms with E-state index in [0.29, 0.717) is 17.1 Å². The summed E-state index contributed by atoms with van der Waals surface area (Å²) >= 11 is 7.48. The van der Waals surface area contributed by atoms with Crippen LogP contribution in [0.5, 0.6) is 0 Å². The summed E-state index contributed by atoms with van der Waals surface area (Å²) in [6.45, 7) is 1.73. The van der Waals surface area contributed by atoms with Crippen LogP contribution >= 0.6 is 23.4 Å². The van der Waals surface area contributed by atoms with Crippen molar-refractivity contribution in [3.8, 4) is 0 Å². The monoisotopic (exact) mass is 287 g/mol. The highest BCUT2D eigenvalue weighted by Crippen LogP contribution is 2.24. The number of likely N-dealkylation sites (N-methyl/N-ethyl adjacent to an activating group) is 1. The number of benzene rings is 1. The summed E-state index contributed by atoms with van der Waals surface area (Å²) in [7, 11) is 0. The molecule has 0 fully saturated rings. The van der Waals surface area contributed by atoms with Gasteiger partial charge in [-0.05, 0) is 31.4 Å². The molecule has 98 valence electrons. The van der Waals surface area contributed by atoms with Crippen LogP contribution in [0.25, 0.3) is 0 Å². The van der Waals surface area contributed by atoms with E-state index < -0.39 is 5.97 Å². The second-order valence-electron chi connectivity index (χ2n) is 3.56. The van der Waals surface area contributed by atoms with Gasteiger partial charge in [0.1, 0.15) is 6.54 Å². The number of halogens is 1. The van der Waals surface area contributed by atoms with Gasteiger partial charge in [-0.1, -0.05) is 11.6 Å². The molecule has 18 heavy (non-hydrogen) atoms. The summed E-state index contributed by atoms with van der Waals surface area (Å²) in [5.74, 6) is -1.40. The number of carboxylic acids is 1. The average Bonchev–Trinajstić information content (AvgIpc) is 2.35. The van der Waals surface area contributed by atoms with Crippen molar-refractivity contribution in [2.75, 3.05) is 19.3 Å². The Bertz CT molecular complexity index is 465. The van der Waals surface area contributed by atoms with Crippen LogP contribution in [-0.2, 0) is 4.79 Å². The van der Waals surface area contributed by atoms with Gasteiger partial charge in [0.05, 0.1) is 10.6 Å². The van der Waals surface area contributed by atoms with Crippen molar-refractivity contribution in [3.63, 3.8) is 0 Å². The van der Waals surface area contributed by atoms with Gasteiger partial charge < -0.3 is 10.0 Å². The van der Waals surface area contributed by atoms with Gasteiger partial charge in [0.15, 0.2) is 0 Å². The minimum Gasteiger partial charge on any atom is -0.480 e. The fraction of sp³-hybridized carbons (Fsp3) is 0.333. The smallest absolute Gasteiger partial charge is 0.323 e. The third-order valence-electron chi connectivity index (χ3n) is 2.40. The lowest BCUT2D eigenvalue weighted by molar-refractivity contribution is -0.137. The maximum Gasteiger partial charge on any atom is 0.323 e. The Morgan fingerprint density at radius 1 is 1.44 bits per heavy atom. The zero-order chi connectivity index (χ0) is 13.7. The minimum absolute atomic E-state index is 0.324. The zero-order valence-electron chi connectivity index (χ0n) is 10.1. The summed E-state index contributed by atoms with van der Waals surface area (Å²) in [6.07, 6.45) is 1.90. The van der Waals surface area contributed by atoms with Crippen LogP contribution < -0.4 is 0 Å². The molecule has 0 spiro atoms.